The van der Waals surface area contributed by atoms with Crippen molar-refractivity contribution in [3.05, 3.63) is 24.3 Å². The van der Waals surface area contributed by atoms with Gasteiger partial charge in [0.25, 0.3) is 0 Å². The third-order valence-corrected chi connectivity index (χ3v) is 4.29. The Labute approximate surface area is 128 Å². The first-order chi connectivity index (χ1) is 10.2. The fourth-order valence-corrected chi connectivity index (χ4v) is 2.76. The second-order valence-corrected chi connectivity index (χ2v) is 5.70. The fraction of sp³-hybridized carbons (Fsp3) is 0.647. The van der Waals surface area contributed by atoms with E-state index in [1.165, 1.54) is 5.69 Å². The van der Waals surface area contributed by atoms with Crippen LogP contribution in [0, 0.1) is 0 Å². The molecule has 0 unspecified atom stereocenters. The summed E-state index contributed by atoms with van der Waals surface area (Å²) in [5.74, 6) is 0.967. The molecule has 2 N–H and O–H groups in total. The minimum absolute atomic E-state index is 0.370. The molecule has 4 heteroatoms. The first-order valence-electron chi connectivity index (χ1n) is 8.18. The lowest BCUT2D eigenvalue weighted by atomic mass is 10.1. The molecule has 118 valence electrons. The lowest BCUT2D eigenvalue weighted by Gasteiger charge is -2.32. The van der Waals surface area contributed by atoms with Crippen LogP contribution in [-0.2, 0) is 0 Å². The van der Waals surface area contributed by atoms with Gasteiger partial charge in [-0.25, -0.2) is 0 Å². The van der Waals surface area contributed by atoms with Gasteiger partial charge in [-0.2, -0.15) is 0 Å². The zero-order valence-electron chi connectivity index (χ0n) is 13.4. The summed E-state index contributed by atoms with van der Waals surface area (Å²) in [7, 11) is 0. The van der Waals surface area contributed by atoms with Crippen molar-refractivity contribution < 1.29 is 4.74 Å². The summed E-state index contributed by atoms with van der Waals surface area (Å²) in [5, 5.41) is 0. The molecule has 1 aromatic carbocycles. The molecule has 0 radical (unpaired) electrons. The van der Waals surface area contributed by atoms with Crippen molar-refractivity contribution in [3.8, 4) is 5.75 Å². The topological polar surface area (TPSA) is 41.7 Å². The van der Waals surface area contributed by atoms with Gasteiger partial charge in [-0.15, -0.1) is 0 Å². The van der Waals surface area contributed by atoms with E-state index in [4.69, 9.17) is 10.5 Å². The van der Waals surface area contributed by atoms with E-state index in [9.17, 15) is 0 Å². The van der Waals surface area contributed by atoms with Gasteiger partial charge >= 0.3 is 0 Å². The first-order valence-corrected chi connectivity index (χ1v) is 8.18. The van der Waals surface area contributed by atoms with Crippen LogP contribution in [0.1, 0.15) is 26.7 Å². The predicted molar refractivity (Wildman–Crippen MR) is 89.1 cm³/mol. The van der Waals surface area contributed by atoms with Gasteiger partial charge in [0.1, 0.15) is 12.4 Å². The van der Waals surface area contributed by atoms with Crippen molar-refractivity contribution in [1.82, 2.24) is 4.90 Å². The predicted octanol–water partition coefficient (Wildman–Crippen LogP) is 2.33. The molecule has 0 aromatic heterocycles. The number of ether oxygens (including phenoxy) is 1. The average molecular weight is 291 g/mol. The normalized spacial score (nSPS) is 16.5. The zero-order valence-corrected chi connectivity index (χ0v) is 13.4. The molecule has 0 bridgehead atoms. The lowest BCUT2D eigenvalue weighted by Crippen LogP contribution is -2.39. The number of hydrogen-bond donors (Lipinski definition) is 1. The van der Waals surface area contributed by atoms with Crippen molar-refractivity contribution in [2.45, 2.75) is 32.7 Å². The van der Waals surface area contributed by atoms with E-state index in [0.717, 1.165) is 57.9 Å². The van der Waals surface area contributed by atoms with Crippen molar-refractivity contribution in [3.63, 3.8) is 0 Å². The van der Waals surface area contributed by atoms with E-state index in [0.29, 0.717) is 6.04 Å². The summed E-state index contributed by atoms with van der Waals surface area (Å²) in [6.45, 7) is 10.3. The van der Waals surface area contributed by atoms with Crippen molar-refractivity contribution >= 4 is 5.69 Å². The van der Waals surface area contributed by atoms with E-state index in [2.05, 4.69) is 41.8 Å². The molecule has 1 aromatic rings. The van der Waals surface area contributed by atoms with Gasteiger partial charge in [0, 0.05) is 37.4 Å². The van der Waals surface area contributed by atoms with Crippen LogP contribution < -0.4 is 15.4 Å². The maximum atomic E-state index is 5.97. The van der Waals surface area contributed by atoms with Gasteiger partial charge in [-0.05, 0) is 38.1 Å². The number of nitrogens with zero attached hydrogens (tertiary/aromatic N) is 2. The Bertz CT molecular complexity index is 412. The quantitative estimate of drug-likeness (QED) is 0.837. The highest BCUT2D eigenvalue weighted by Crippen LogP contribution is 2.24. The van der Waals surface area contributed by atoms with Crippen LogP contribution in [0.4, 0.5) is 5.69 Å². The highest BCUT2D eigenvalue weighted by Gasteiger charge is 2.16. The summed E-state index contributed by atoms with van der Waals surface area (Å²) < 4.78 is 5.90. The van der Waals surface area contributed by atoms with Crippen molar-refractivity contribution in [2.24, 2.45) is 5.73 Å². The minimum atomic E-state index is 0.370. The smallest absolute Gasteiger partial charge is 0.121 e. The summed E-state index contributed by atoms with van der Waals surface area (Å²) >= 11 is 0. The monoisotopic (exact) mass is 291 g/mol. The van der Waals surface area contributed by atoms with Crippen LogP contribution in [0.3, 0.4) is 0 Å². The van der Waals surface area contributed by atoms with Gasteiger partial charge in [0.2, 0.25) is 0 Å². The summed E-state index contributed by atoms with van der Waals surface area (Å²) in [6, 6.07) is 8.81. The molecule has 0 saturated carbocycles. The molecule has 4 nitrogen and oxygen atoms in total. The number of piperidine rings is 1. The second kappa shape index (κ2) is 8.25. The number of benzene rings is 1. The van der Waals surface area contributed by atoms with Gasteiger partial charge in [0.15, 0.2) is 0 Å². The van der Waals surface area contributed by atoms with Crippen molar-refractivity contribution in [2.75, 3.05) is 44.2 Å². The lowest BCUT2D eigenvalue weighted by molar-refractivity contribution is 0.223. The fourth-order valence-electron chi connectivity index (χ4n) is 2.76. The summed E-state index contributed by atoms with van der Waals surface area (Å²) in [4.78, 5) is 4.77. The highest BCUT2D eigenvalue weighted by atomic mass is 16.5. The van der Waals surface area contributed by atoms with E-state index in [1.807, 2.05) is 6.07 Å². The molecule has 1 heterocycles. The van der Waals surface area contributed by atoms with Crippen LogP contribution in [0.25, 0.3) is 0 Å². The van der Waals surface area contributed by atoms with E-state index < -0.39 is 0 Å². The van der Waals surface area contributed by atoms with Crippen LogP contribution in [0.5, 0.6) is 5.75 Å². The van der Waals surface area contributed by atoms with Gasteiger partial charge < -0.3 is 20.3 Å². The average Bonchev–Trinajstić information content (AvgIpc) is 2.53. The van der Waals surface area contributed by atoms with E-state index in [-0.39, 0.29) is 0 Å². The number of hydrogen-bond acceptors (Lipinski definition) is 4. The van der Waals surface area contributed by atoms with E-state index in [1.54, 1.807) is 0 Å². The van der Waals surface area contributed by atoms with E-state index >= 15 is 0 Å². The molecule has 0 amide bonds. The Morgan fingerprint density at radius 3 is 2.62 bits per heavy atom. The molecular formula is C17H29N3O. The zero-order chi connectivity index (χ0) is 15.1. The SMILES string of the molecule is CCN(CC)CCOc1cccc(N2CCC(N)CC2)c1. The molecule has 1 saturated heterocycles. The maximum absolute atomic E-state index is 5.97. The molecule has 1 fully saturated rings. The van der Waals surface area contributed by atoms with Crippen LogP contribution in [-0.4, -0.2) is 50.3 Å². The van der Waals surface area contributed by atoms with Crippen LogP contribution >= 0.6 is 0 Å². The Kier molecular flexibility index (Phi) is 6.33. The standard InChI is InChI=1S/C17H29N3O/c1-3-19(4-2)12-13-21-17-7-5-6-16(14-17)20-10-8-15(18)9-11-20/h5-7,14-15H,3-4,8-13,18H2,1-2H3. The number of nitrogens with two attached hydrogens (primary N) is 1. The minimum Gasteiger partial charge on any atom is -0.492 e. The molecule has 1 aliphatic heterocycles. The van der Waals surface area contributed by atoms with Gasteiger partial charge in [0.05, 0.1) is 0 Å². The van der Waals surface area contributed by atoms with Gasteiger partial charge in [-0.3, -0.25) is 0 Å². The number of likely N-dealkylation sites (N-methyl/N-ethyl adjacent to an activating group) is 1. The third kappa shape index (κ3) is 4.90. The molecule has 2 rings (SSSR count). The van der Waals surface area contributed by atoms with Crippen molar-refractivity contribution in [1.29, 1.82) is 0 Å². The number of rotatable bonds is 7. The summed E-state index contributed by atoms with van der Waals surface area (Å²) in [6.07, 6.45) is 2.15. The summed E-state index contributed by atoms with van der Waals surface area (Å²) in [5.41, 5.74) is 7.22. The molecule has 1 aliphatic rings. The largest absolute Gasteiger partial charge is 0.492 e. The second-order valence-electron chi connectivity index (χ2n) is 5.70. The molecule has 0 aliphatic carbocycles. The number of anilines is 1. The Hall–Kier alpha value is -1.26. The first kappa shape index (κ1) is 16.1. The molecule has 21 heavy (non-hydrogen) atoms. The van der Waals surface area contributed by atoms with Gasteiger partial charge in [-0.1, -0.05) is 19.9 Å². The third-order valence-electron chi connectivity index (χ3n) is 4.29. The Balaban J connectivity index is 1.86. The Morgan fingerprint density at radius 2 is 1.95 bits per heavy atom. The van der Waals surface area contributed by atoms with Crippen LogP contribution in [0.2, 0.25) is 0 Å². The molecule has 0 atom stereocenters. The molecular weight excluding hydrogens is 262 g/mol. The van der Waals surface area contributed by atoms with Crippen LogP contribution in [0.15, 0.2) is 24.3 Å². The maximum Gasteiger partial charge on any atom is 0.121 e. The Morgan fingerprint density at radius 1 is 1.24 bits per heavy atom. The molecule has 0 spiro atoms. The highest BCUT2D eigenvalue weighted by molar-refractivity contribution is 5.51.